The molecule has 3 aromatic rings. The van der Waals surface area contributed by atoms with Crippen LogP contribution in [0.2, 0.25) is 0 Å². The fraction of sp³-hybridized carbons (Fsp3) is 0.421. The van der Waals surface area contributed by atoms with Gasteiger partial charge in [0, 0.05) is 38.7 Å². The molecule has 1 saturated heterocycles. The second-order valence-electron chi connectivity index (χ2n) is 6.62. The van der Waals surface area contributed by atoms with E-state index in [1.165, 1.54) is 10.9 Å². The van der Waals surface area contributed by atoms with Gasteiger partial charge in [0.15, 0.2) is 5.82 Å². The molecular weight excluding hydrogens is 330 g/mol. The van der Waals surface area contributed by atoms with Crippen LogP contribution in [0.15, 0.2) is 34.9 Å². The highest BCUT2D eigenvalue weighted by Gasteiger charge is 2.21. The number of methoxy groups -OCH3 is 1. The van der Waals surface area contributed by atoms with Crippen LogP contribution in [0.1, 0.15) is 17.3 Å². The Morgan fingerprint density at radius 1 is 1.12 bits per heavy atom. The Kier molecular flexibility index (Phi) is 4.81. The van der Waals surface area contributed by atoms with E-state index < -0.39 is 0 Å². The van der Waals surface area contributed by atoms with Gasteiger partial charge in [0.05, 0.1) is 12.1 Å². The first-order chi connectivity index (χ1) is 12.7. The number of rotatable bonds is 5. The molecule has 3 heterocycles. The van der Waals surface area contributed by atoms with Crippen molar-refractivity contribution in [1.29, 1.82) is 0 Å². The highest BCUT2D eigenvalue weighted by Crippen LogP contribution is 2.24. The predicted molar refractivity (Wildman–Crippen MR) is 99.0 cm³/mol. The molecule has 0 N–H and O–H groups in total. The zero-order valence-electron chi connectivity index (χ0n) is 15.2. The van der Waals surface area contributed by atoms with Crippen molar-refractivity contribution in [1.82, 2.24) is 20.0 Å². The van der Waals surface area contributed by atoms with Crippen molar-refractivity contribution >= 4 is 16.7 Å². The maximum absolute atomic E-state index is 5.29. The van der Waals surface area contributed by atoms with Crippen LogP contribution in [-0.2, 0) is 17.9 Å². The highest BCUT2D eigenvalue weighted by atomic mass is 16.5. The molecule has 1 aromatic carbocycles. The van der Waals surface area contributed by atoms with Gasteiger partial charge in [-0.25, -0.2) is 4.98 Å². The molecule has 4 rings (SSSR count). The van der Waals surface area contributed by atoms with Crippen LogP contribution >= 0.6 is 0 Å². The van der Waals surface area contributed by atoms with Crippen LogP contribution in [0, 0.1) is 6.92 Å². The summed E-state index contributed by atoms with van der Waals surface area (Å²) in [4.78, 5) is 13.9. The topological polar surface area (TPSA) is 67.5 Å². The van der Waals surface area contributed by atoms with Crippen molar-refractivity contribution in [2.24, 2.45) is 0 Å². The molecule has 0 amide bonds. The Balaban J connectivity index is 1.41. The number of pyridine rings is 1. The minimum Gasteiger partial charge on any atom is -0.377 e. The Labute approximate surface area is 152 Å². The van der Waals surface area contributed by atoms with Gasteiger partial charge in [-0.2, -0.15) is 4.98 Å². The average molecular weight is 353 g/mol. The van der Waals surface area contributed by atoms with Crippen molar-refractivity contribution in [3.8, 4) is 0 Å². The summed E-state index contributed by atoms with van der Waals surface area (Å²) in [5.74, 6) is 2.33. The summed E-state index contributed by atoms with van der Waals surface area (Å²) < 4.78 is 10.3. The molecule has 0 radical (unpaired) electrons. The molecule has 7 nitrogen and oxygen atoms in total. The van der Waals surface area contributed by atoms with E-state index in [1.807, 2.05) is 6.07 Å². The number of anilines is 1. The van der Waals surface area contributed by atoms with Crippen LogP contribution in [0.5, 0.6) is 0 Å². The zero-order valence-corrected chi connectivity index (χ0v) is 15.2. The van der Waals surface area contributed by atoms with E-state index in [-0.39, 0.29) is 0 Å². The first-order valence-corrected chi connectivity index (χ1v) is 8.87. The van der Waals surface area contributed by atoms with Gasteiger partial charge in [0.25, 0.3) is 0 Å². The number of aryl methyl sites for hydroxylation is 1. The summed E-state index contributed by atoms with van der Waals surface area (Å²) in [6, 6.07) is 10.5. The quantitative estimate of drug-likeness (QED) is 0.698. The molecule has 0 spiro atoms. The van der Waals surface area contributed by atoms with Gasteiger partial charge in [0.2, 0.25) is 5.89 Å². The summed E-state index contributed by atoms with van der Waals surface area (Å²) in [5.41, 5.74) is 2.27. The summed E-state index contributed by atoms with van der Waals surface area (Å²) in [7, 11) is 1.62. The molecule has 136 valence electrons. The predicted octanol–water partition coefficient (Wildman–Crippen LogP) is 2.39. The lowest BCUT2D eigenvalue weighted by molar-refractivity contribution is 0.174. The third-order valence-electron chi connectivity index (χ3n) is 4.70. The number of fused-ring (bicyclic) bond motifs is 1. The second-order valence-corrected chi connectivity index (χ2v) is 6.62. The third kappa shape index (κ3) is 3.54. The minimum atomic E-state index is 0.379. The molecule has 1 aliphatic heterocycles. The van der Waals surface area contributed by atoms with Crippen molar-refractivity contribution in [3.63, 3.8) is 0 Å². The van der Waals surface area contributed by atoms with Crippen LogP contribution < -0.4 is 4.90 Å². The summed E-state index contributed by atoms with van der Waals surface area (Å²) in [6.07, 6.45) is 0. The molecule has 0 atom stereocenters. The lowest BCUT2D eigenvalue weighted by atomic mass is 10.1. The maximum Gasteiger partial charge on any atom is 0.240 e. The normalized spacial score (nSPS) is 15.7. The number of hydrogen-bond acceptors (Lipinski definition) is 7. The number of nitrogens with zero attached hydrogens (tertiary/aromatic N) is 5. The number of para-hydroxylation sites is 1. The molecule has 1 fully saturated rings. The zero-order chi connectivity index (χ0) is 17.9. The second kappa shape index (κ2) is 7.39. The van der Waals surface area contributed by atoms with E-state index in [0.717, 1.165) is 37.5 Å². The highest BCUT2D eigenvalue weighted by molar-refractivity contribution is 5.81. The van der Waals surface area contributed by atoms with Gasteiger partial charge < -0.3 is 14.2 Å². The number of piperazine rings is 1. The standard InChI is InChI=1S/C19H23N5O2/c1-14-11-15-5-3-4-6-16(15)20-19(14)24-9-7-23(8-10-24)12-18-21-17(13-25-2)22-26-18/h3-6,11H,7-10,12-13H2,1-2H3. The van der Waals surface area contributed by atoms with E-state index in [4.69, 9.17) is 14.2 Å². The first kappa shape index (κ1) is 16.9. The minimum absolute atomic E-state index is 0.379. The number of hydrogen-bond donors (Lipinski definition) is 0. The fourth-order valence-corrected chi connectivity index (χ4v) is 3.38. The van der Waals surface area contributed by atoms with Crippen molar-refractivity contribution in [3.05, 3.63) is 47.6 Å². The molecule has 0 saturated carbocycles. The Morgan fingerprint density at radius 2 is 1.92 bits per heavy atom. The van der Waals surface area contributed by atoms with Gasteiger partial charge >= 0.3 is 0 Å². The number of benzene rings is 1. The van der Waals surface area contributed by atoms with Crippen molar-refractivity contribution < 1.29 is 9.26 Å². The SMILES string of the molecule is COCc1noc(CN2CCN(c3nc4ccccc4cc3C)CC2)n1. The lowest BCUT2D eigenvalue weighted by Crippen LogP contribution is -2.46. The monoisotopic (exact) mass is 353 g/mol. The van der Waals surface area contributed by atoms with Gasteiger partial charge in [-0.05, 0) is 24.6 Å². The van der Waals surface area contributed by atoms with Gasteiger partial charge in [-0.1, -0.05) is 23.4 Å². The van der Waals surface area contributed by atoms with E-state index in [0.29, 0.717) is 24.9 Å². The van der Waals surface area contributed by atoms with Gasteiger partial charge in [-0.3, -0.25) is 4.90 Å². The van der Waals surface area contributed by atoms with Crippen LogP contribution in [0.4, 0.5) is 5.82 Å². The molecule has 0 unspecified atom stereocenters. The Hall–Kier alpha value is -2.51. The van der Waals surface area contributed by atoms with Gasteiger partial charge in [-0.15, -0.1) is 0 Å². The molecule has 7 heteroatoms. The van der Waals surface area contributed by atoms with E-state index in [1.54, 1.807) is 7.11 Å². The Morgan fingerprint density at radius 3 is 2.73 bits per heavy atom. The van der Waals surface area contributed by atoms with Crippen LogP contribution in [0.3, 0.4) is 0 Å². The summed E-state index contributed by atoms with van der Waals surface area (Å²) >= 11 is 0. The summed E-state index contributed by atoms with van der Waals surface area (Å²) in [5, 5.41) is 5.11. The maximum atomic E-state index is 5.29. The molecule has 1 aliphatic rings. The van der Waals surface area contributed by atoms with E-state index in [2.05, 4.69) is 51.1 Å². The first-order valence-electron chi connectivity index (χ1n) is 8.87. The molecule has 0 bridgehead atoms. The number of ether oxygens (including phenoxy) is 1. The molecular formula is C19H23N5O2. The molecule has 2 aromatic heterocycles. The smallest absolute Gasteiger partial charge is 0.240 e. The van der Waals surface area contributed by atoms with E-state index >= 15 is 0 Å². The lowest BCUT2D eigenvalue weighted by Gasteiger charge is -2.35. The summed E-state index contributed by atoms with van der Waals surface area (Å²) in [6.45, 7) is 6.94. The van der Waals surface area contributed by atoms with Gasteiger partial charge in [0.1, 0.15) is 12.4 Å². The van der Waals surface area contributed by atoms with Crippen LogP contribution in [-0.4, -0.2) is 53.3 Å². The van der Waals surface area contributed by atoms with E-state index in [9.17, 15) is 0 Å². The van der Waals surface area contributed by atoms with Crippen molar-refractivity contribution in [2.75, 3.05) is 38.2 Å². The third-order valence-corrected chi connectivity index (χ3v) is 4.70. The number of aromatic nitrogens is 3. The average Bonchev–Trinajstić information content (AvgIpc) is 3.09. The van der Waals surface area contributed by atoms with Crippen molar-refractivity contribution in [2.45, 2.75) is 20.1 Å². The van der Waals surface area contributed by atoms with Crippen LogP contribution in [0.25, 0.3) is 10.9 Å². The molecule has 0 aliphatic carbocycles. The Bertz CT molecular complexity index is 887. The molecule has 26 heavy (non-hydrogen) atoms. The fourth-order valence-electron chi connectivity index (χ4n) is 3.38. The largest absolute Gasteiger partial charge is 0.377 e.